The molecule has 0 nitrogen and oxygen atoms in total. The maximum Gasteiger partial charge on any atom is -0.0134 e. The van der Waals surface area contributed by atoms with E-state index >= 15 is 0 Å². The van der Waals surface area contributed by atoms with E-state index in [0.29, 0.717) is 0 Å². The van der Waals surface area contributed by atoms with Crippen LogP contribution in [0.3, 0.4) is 0 Å². The Kier molecular flexibility index (Phi) is 16.6. The third kappa shape index (κ3) is 11.8. The molecule has 232 valence electrons. The Hall–Kier alpha value is -3.27. The molecule has 7 rings (SSSR count). The fourth-order valence-electron chi connectivity index (χ4n) is 4.68. The van der Waals surface area contributed by atoms with Crippen molar-refractivity contribution in [1.29, 1.82) is 0 Å². The number of benzene rings is 6. The quantitative estimate of drug-likeness (QED) is 0.0900. The smallest absolute Gasteiger partial charge is 0.0134 e. The molecule has 0 heterocycles. The average molecular weight is 762 g/mol. The molecule has 0 atom stereocenters. The largest absolute Gasteiger partial charge is 0.214 e. The third-order valence-electron chi connectivity index (χ3n) is 6.64. The van der Waals surface area contributed by atoms with Gasteiger partial charge in [-0.25, -0.2) is 12.1 Å². The van der Waals surface area contributed by atoms with Crippen LogP contribution in [-0.4, -0.2) is 0 Å². The first-order chi connectivity index (χ1) is 22.8. The molecular formula is C41H35Cl2P2Ru-. The van der Waals surface area contributed by atoms with Crippen LogP contribution in [0.15, 0.2) is 212 Å². The summed E-state index contributed by atoms with van der Waals surface area (Å²) in [5, 5.41) is 8.39. The van der Waals surface area contributed by atoms with Crippen molar-refractivity contribution in [1.82, 2.24) is 0 Å². The summed E-state index contributed by atoms with van der Waals surface area (Å²) in [7, 11) is 8.82. The van der Waals surface area contributed by atoms with E-state index in [1.807, 2.05) is 30.3 Å². The first kappa shape index (κ1) is 35.6. The van der Waals surface area contributed by atoms with E-state index < -0.39 is 15.8 Å². The summed E-state index contributed by atoms with van der Waals surface area (Å²) < 4.78 is 0. The molecule has 0 aromatic heterocycles. The van der Waals surface area contributed by atoms with Crippen molar-refractivity contribution in [3.8, 4) is 0 Å². The minimum absolute atomic E-state index is 0.346. The number of hydrogen-bond acceptors (Lipinski definition) is 0. The third-order valence-corrected chi connectivity index (χ3v) is 11.5. The summed E-state index contributed by atoms with van der Waals surface area (Å²) >= 11 is -0.346. The fourth-order valence-corrected chi connectivity index (χ4v) is 9.29. The Morgan fingerprint density at radius 1 is 0.304 bits per heavy atom. The number of hydrogen-bond donors (Lipinski definition) is 0. The van der Waals surface area contributed by atoms with Gasteiger partial charge in [0.05, 0.1) is 0 Å². The van der Waals surface area contributed by atoms with Crippen LogP contribution in [0.1, 0.15) is 0 Å². The van der Waals surface area contributed by atoms with Crippen LogP contribution >= 0.6 is 35.2 Å². The van der Waals surface area contributed by atoms with Crippen molar-refractivity contribution in [2.75, 3.05) is 0 Å². The molecule has 0 amide bonds. The van der Waals surface area contributed by atoms with Gasteiger partial charge in [0.2, 0.25) is 0 Å². The van der Waals surface area contributed by atoms with Crippen molar-refractivity contribution >= 4 is 67.1 Å². The molecular weight excluding hydrogens is 726 g/mol. The van der Waals surface area contributed by atoms with Crippen molar-refractivity contribution in [2.24, 2.45) is 0 Å². The van der Waals surface area contributed by atoms with E-state index in [-0.39, 0.29) is 15.1 Å². The van der Waals surface area contributed by atoms with Gasteiger partial charge in [0.1, 0.15) is 0 Å². The maximum atomic E-state index is 4.85. The van der Waals surface area contributed by atoms with Crippen molar-refractivity contribution < 1.29 is 15.1 Å². The van der Waals surface area contributed by atoms with Crippen LogP contribution in [0.2, 0.25) is 0 Å². The van der Waals surface area contributed by atoms with Gasteiger partial charge in [0.15, 0.2) is 0 Å². The molecule has 0 spiro atoms. The summed E-state index contributed by atoms with van der Waals surface area (Å²) in [6.45, 7) is 0. The molecule has 0 bridgehead atoms. The number of rotatable bonds is 6. The van der Waals surface area contributed by atoms with Crippen molar-refractivity contribution in [3.05, 3.63) is 212 Å². The summed E-state index contributed by atoms with van der Waals surface area (Å²) in [4.78, 5) is 0. The summed E-state index contributed by atoms with van der Waals surface area (Å²) in [6, 6.07) is 74.7. The maximum absolute atomic E-state index is 4.85. The van der Waals surface area contributed by atoms with Crippen LogP contribution < -0.4 is 31.8 Å². The van der Waals surface area contributed by atoms with Gasteiger partial charge in [-0.15, -0.1) is 0 Å². The van der Waals surface area contributed by atoms with Crippen LogP contribution in [-0.2, 0) is 15.1 Å². The second kappa shape index (κ2) is 21.5. The molecule has 5 heteroatoms. The molecule has 7 aromatic carbocycles. The Labute approximate surface area is 292 Å². The molecule has 0 N–H and O–H groups in total. The monoisotopic (exact) mass is 761 g/mol. The van der Waals surface area contributed by atoms with Crippen molar-refractivity contribution in [2.45, 2.75) is 0 Å². The van der Waals surface area contributed by atoms with Gasteiger partial charge in [-0.1, -0.05) is 182 Å². The molecule has 0 aliphatic rings. The molecule has 0 saturated carbocycles. The molecule has 0 unspecified atom stereocenters. The molecule has 7 aromatic rings. The van der Waals surface area contributed by atoms with Crippen molar-refractivity contribution in [3.63, 3.8) is 0 Å². The van der Waals surface area contributed by atoms with Gasteiger partial charge in [0, 0.05) is 0 Å². The van der Waals surface area contributed by atoms with E-state index in [1.54, 1.807) is 0 Å². The Morgan fingerprint density at radius 3 is 0.609 bits per heavy atom. The van der Waals surface area contributed by atoms with Crippen LogP contribution in [0, 0.1) is 0 Å². The fraction of sp³-hybridized carbons (Fsp3) is 0. The van der Waals surface area contributed by atoms with E-state index in [9.17, 15) is 0 Å². The zero-order valence-corrected chi connectivity index (χ0v) is 30.2. The first-order valence-corrected chi connectivity index (χ1v) is 21.9. The molecule has 0 aliphatic heterocycles. The topological polar surface area (TPSA) is 0 Å². The normalized spacial score (nSPS) is 10.1. The summed E-state index contributed by atoms with van der Waals surface area (Å²) in [6.07, 6.45) is 0. The molecule has 0 fully saturated rings. The predicted molar refractivity (Wildman–Crippen MR) is 204 cm³/mol. The summed E-state index contributed by atoms with van der Waals surface area (Å²) in [5.74, 6) is 0. The minimum Gasteiger partial charge on any atom is -0.214 e. The standard InChI is InChI=1S/2C18H15P.C5H5.2ClH.Ru/c2*1-4-10-16(11-5-1)19(17-12-6-2-7-13-17)18-14-8-3-9-15-18;1-2-4-5-3-1;;;/h2*1-15H;1-5H;2*1H;/q;;-1;;;+2/p-2. The second-order valence-corrected chi connectivity index (χ2v) is 16.8. The van der Waals surface area contributed by atoms with Gasteiger partial charge in [-0.3, -0.25) is 0 Å². The second-order valence-electron chi connectivity index (χ2n) is 9.70. The summed E-state index contributed by atoms with van der Waals surface area (Å²) in [5.41, 5.74) is 0. The van der Waals surface area contributed by atoms with Gasteiger partial charge in [-0.2, -0.15) is 18.2 Å². The van der Waals surface area contributed by atoms with Crippen LogP contribution in [0.4, 0.5) is 0 Å². The van der Waals surface area contributed by atoms with Crippen LogP contribution in [0.5, 0.6) is 0 Å². The Bertz CT molecular complexity index is 1380. The molecule has 0 aliphatic carbocycles. The zero-order valence-electron chi connectivity index (χ0n) is 25.2. The average Bonchev–Trinajstić information content (AvgIpc) is 3.73. The van der Waals surface area contributed by atoms with E-state index in [1.165, 1.54) is 31.8 Å². The number of halogens is 2. The Morgan fingerprint density at radius 2 is 0.478 bits per heavy atom. The van der Waals surface area contributed by atoms with E-state index in [4.69, 9.17) is 19.4 Å². The predicted octanol–water partition coefficient (Wildman–Crippen LogP) is 9.67. The Balaban J connectivity index is 0.000000169. The minimum atomic E-state index is -0.446. The van der Waals surface area contributed by atoms with E-state index in [2.05, 4.69) is 182 Å². The zero-order chi connectivity index (χ0) is 32.1. The van der Waals surface area contributed by atoms with Gasteiger partial charge >= 0.3 is 34.5 Å². The molecule has 46 heavy (non-hydrogen) atoms. The molecule has 0 saturated heterocycles. The van der Waals surface area contributed by atoms with Gasteiger partial charge in [0.25, 0.3) is 0 Å². The van der Waals surface area contributed by atoms with Gasteiger partial charge < -0.3 is 0 Å². The SMILES string of the molecule is [Cl][Ru][Cl].c1cc[cH-]c1.c1ccc(P(c2ccccc2)c2ccccc2)cc1.c1ccc(P(c2ccccc2)c2ccccc2)cc1. The van der Waals surface area contributed by atoms with Gasteiger partial charge in [-0.05, 0) is 47.7 Å². The van der Waals surface area contributed by atoms with E-state index in [0.717, 1.165) is 0 Å². The molecule has 0 radical (unpaired) electrons. The first-order valence-electron chi connectivity index (χ1n) is 14.7. The van der Waals surface area contributed by atoms with Crippen LogP contribution in [0.25, 0.3) is 0 Å².